The Balaban J connectivity index is 1.66. The third-order valence-electron chi connectivity index (χ3n) is 5.89. The number of amides is 3. The van der Waals surface area contributed by atoms with E-state index in [4.69, 9.17) is 4.42 Å². The van der Waals surface area contributed by atoms with Crippen molar-refractivity contribution in [2.24, 2.45) is 0 Å². The minimum absolute atomic E-state index is 0.0411. The predicted octanol–water partition coefficient (Wildman–Crippen LogP) is 4.39. The van der Waals surface area contributed by atoms with Gasteiger partial charge >= 0.3 is 11.8 Å². The fraction of sp³-hybridized carbons (Fsp3) is 0.321. The lowest BCUT2D eigenvalue weighted by molar-refractivity contribution is -0.149. The maximum Gasteiger partial charge on any atom is 0.313 e. The third kappa shape index (κ3) is 5.98. The van der Waals surface area contributed by atoms with E-state index in [1.165, 1.54) is 22.3 Å². The zero-order chi connectivity index (χ0) is 25.0. The minimum atomic E-state index is -1.03. The minimum Gasteiger partial charge on any atom is -0.467 e. The van der Waals surface area contributed by atoms with E-state index < -0.39 is 23.4 Å². The number of hydrogen-bond donors (Lipinski definition) is 2. The van der Waals surface area contributed by atoms with Crippen LogP contribution in [0.15, 0.2) is 71.3 Å². The second-order valence-electron chi connectivity index (χ2n) is 9.86. The summed E-state index contributed by atoms with van der Waals surface area (Å²) in [5.74, 6) is -1.54. The van der Waals surface area contributed by atoms with Crippen molar-refractivity contribution in [2.45, 2.75) is 58.2 Å². The molecule has 182 valence electrons. The summed E-state index contributed by atoms with van der Waals surface area (Å²) in [6.45, 7) is 5.56. The number of carbonyl (C=O) groups excluding carboxylic acids is 3. The van der Waals surface area contributed by atoms with Gasteiger partial charge in [0.15, 0.2) is 0 Å². The Hall–Kier alpha value is -3.87. The number of nitrogens with one attached hydrogen (secondary N) is 2. The first kappa shape index (κ1) is 24.3. The number of furan rings is 1. The normalized spacial score (nSPS) is 13.6. The first-order chi connectivity index (χ1) is 16.7. The number of benzene rings is 2. The van der Waals surface area contributed by atoms with Gasteiger partial charge in [0, 0.05) is 11.2 Å². The Bertz CT molecular complexity index is 1200. The van der Waals surface area contributed by atoms with E-state index >= 15 is 0 Å². The van der Waals surface area contributed by atoms with Gasteiger partial charge in [-0.15, -0.1) is 0 Å². The monoisotopic (exact) mass is 473 g/mol. The molecule has 7 nitrogen and oxygen atoms in total. The highest BCUT2D eigenvalue weighted by Crippen LogP contribution is 2.27. The Labute approximate surface area is 205 Å². The molecule has 0 bridgehead atoms. The highest BCUT2D eigenvalue weighted by atomic mass is 16.3. The SMILES string of the molecule is CC(C)(C)NC(=O)C(c1ccccc1)N(Cc1ccco1)C(=O)C(=O)Nc1ccc2c(c1)CCC2. The van der Waals surface area contributed by atoms with E-state index in [0.29, 0.717) is 17.0 Å². The van der Waals surface area contributed by atoms with Crippen LogP contribution in [0.25, 0.3) is 0 Å². The molecule has 1 aromatic heterocycles. The summed E-state index contributed by atoms with van der Waals surface area (Å²) < 4.78 is 5.47. The predicted molar refractivity (Wildman–Crippen MR) is 133 cm³/mol. The number of aryl methyl sites for hydroxylation is 2. The van der Waals surface area contributed by atoms with Gasteiger partial charge < -0.3 is 20.0 Å². The van der Waals surface area contributed by atoms with Gasteiger partial charge in [-0.3, -0.25) is 14.4 Å². The summed E-state index contributed by atoms with van der Waals surface area (Å²) in [5, 5.41) is 5.69. The lowest BCUT2D eigenvalue weighted by Gasteiger charge is -2.32. The summed E-state index contributed by atoms with van der Waals surface area (Å²) in [6.07, 6.45) is 4.57. The molecule has 0 saturated carbocycles. The van der Waals surface area contributed by atoms with Crippen LogP contribution in [0.2, 0.25) is 0 Å². The van der Waals surface area contributed by atoms with Crippen molar-refractivity contribution in [1.82, 2.24) is 10.2 Å². The quantitative estimate of drug-likeness (QED) is 0.520. The Morgan fingerprint density at radius 1 is 0.971 bits per heavy atom. The van der Waals surface area contributed by atoms with Crippen LogP contribution in [0, 0.1) is 0 Å². The topological polar surface area (TPSA) is 91.7 Å². The molecule has 2 aromatic carbocycles. The van der Waals surface area contributed by atoms with Crippen LogP contribution < -0.4 is 10.6 Å². The number of anilines is 1. The van der Waals surface area contributed by atoms with Gasteiger partial charge in [-0.05, 0) is 81.0 Å². The average molecular weight is 474 g/mol. The number of hydrogen-bond acceptors (Lipinski definition) is 4. The zero-order valence-corrected chi connectivity index (χ0v) is 20.3. The lowest BCUT2D eigenvalue weighted by Crippen LogP contribution is -2.51. The molecular formula is C28H31N3O4. The van der Waals surface area contributed by atoms with Crippen molar-refractivity contribution < 1.29 is 18.8 Å². The van der Waals surface area contributed by atoms with Crippen LogP contribution in [0.3, 0.4) is 0 Å². The Morgan fingerprint density at radius 3 is 2.40 bits per heavy atom. The van der Waals surface area contributed by atoms with Crippen molar-refractivity contribution in [3.05, 3.63) is 89.4 Å². The van der Waals surface area contributed by atoms with E-state index in [0.717, 1.165) is 19.3 Å². The molecular weight excluding hydrogens is 442 g/mol. The number of rotatable bonds is 6. The fourth-order valence-electron chi connectivity index (χ4n) is 4.36. The molecule has 3 aromatic rings. The summed E-state index contributed by atoms with van der Waals surface area (Å²) in [6, 6.07) is 17.1. The summed E-state index contributed by atoms with van der Waals surface area (Å²) in [5.41, 5.74) is 3.10. The average Bonchev–Trinajstić information content (AvgIpc) is 3.49. The van der Waals surface area contributed by atoms with Crippen LogP contribution in [0.5, 0.6) is 0 Å². The summed E-state index contributed by atoms with van der Waals surface area (Å²) in [4.78, 5) is 41.5. The smallest absolute Gasteiger partial charge is 0.313 e. The van der Waals surface area contributed by atoms with Gasteiger partial charge in [0.25, 0.3) is 0 Å². The highest BCUT2D eigenvalue weighted by molar-refractivity contribution is 6.39. The van der Waals surface area contributed by atoms with E-state index in [1.54, 1.807) is 36.4 Å². The van der Waals surface area contributed by atoms with Crippen LogP contribution in [0.1, 0.15) is 55.7 Å². The maximum atomic E-state index is 13.6. The first-order valence-electron chi connectivity index (χ1n) is 11.8. The highest BCUT2D eigenvalue weighted by Gasteiger charge is 2.36. The number of carbonyl (C=O) groups is 3. The van der Waals surface area contributed by atoms with E-state index in [2.05, 4.69) is 10.6 Å². The molecule has 4 rings (SSSR count). The van der Waals surface area contributed by atoms with Crippen molar-refractivity contribution in [3.8, 4) is 0 Å². The summed E-state index contributed by atoms with van der Waals surface area (Å²) >= 11 is 0. The molecule has 2 N–H and O–H groups in total. The van der Waals surface area contributed by atoms with Gasteiger partial charge in [-0.25, -0.2) is 0 Å². The van der Waals surface area contributed by atoms with Crippen LogP contribution in [-0.2, 0) is 33.8 Å². The maximum absolute atomic E-state index is 13.6. The van der Waals surface area contributed by atoms with Gasteiger partial charge in [-0.1, -0.05) is 36.4 Å². The van der Waals surface area contributed by atoms with E-state index in [9.17, 15) is 14.4 Å². The molecule has 1 aliphatic rings. The molecule has 1 atom stereocenters. The Kier molecular flexibility index (Phi) is 7.05. The molecule has 7 heteroatoms. The second-order valence-corrected chi connectivity index (χ2v) is 9.86. The van der Waals surface area contributed by atoms with E-state index in [-0.39, 0.29) is 12.5 Å². The summed E-state index contributed by atoms with van der Waals surface area (Å²) in [7, 11) is 0. The van der Waals surface area contributed by atoms with Crippen molar-refractivity contribution in [3.63, 3.8) is 0 Å². The van der Waals surface area contributed by atoms with Gasteiger partial charge in [-0.2, -0.15) is 0 Å². The molecule has 0 fully saturated rings. The molecule has 0 radical (unpaired) electrons. The van der Waals surface area contributed by atoms with Crippen molar-refractivity contribution in [2.75, 3.05) is 5.32 Å². The molecule has 3 amide bonds. The molecule has 0 aliphatic heterocycles. The molecule has 35 heavy (non-hydrogen) atoms. The standard InChI is InChI=1S/C28H31N3O4/c1-28(2,3)30-25(32)24(20-9-5-4-6-10-20)31(18-23-13-8-16-35-23)27(34)26(33)29-22-15-14-19-11-7-12-21(19)17-22/h4-6,8-10,13-17,24H,7,11-12,18H2,1-3H3,(H,29,33)(H,30,32). The number of nitrogens with zero attached hydrogens (tertiary/aromatic N) is 1. The number of fused-ring (bicyclic) bond motifs is 1. The Morgan fingerprint density at radius 2 is 1.71 bits per heavy atom. The molecule has 0 saturated heterocycles. The van der Waals surface area contributed by atoms with Crippen LogP contribution >= 0.6 is 0 Å². The fourth-order valence-corrected chi connectivity index (χ4v) is 4.36. The molecule has 1 unspecified atom stereocenters. The van der Waals surface area contributed by atoms with Crippen LogP contribution in [-0.4, -0.2) is 28.2 Å². The second kappa shape index (κ2) is 10.2. The van der Waals surface area contributed by atoms with Crippen LogP contribution in [0.4, 0.5) is 5.69 Å². The third-order valence-corrected chi connectivity index (χ3v) is 5.89. The van der Waals surface area contributed by atoms with Gasteiger partial charge in [0.2, 0.25) is 5.91 Å². The largest absolute Gasteiger partial charge is 0.467 e. The molecule has 1 heterocycles. The van der Waals surface area contributed by atoms with Gasteiger partial charge in [0.1, 0.15) is 11.8 Å². The zero-order valence-electron chi connectivity index (χ0n) is 20.3. The first-order valence-corrected chi connectivity index (χ1v) is 11.8. The molecule has 0 spiro atoms. The van der Waals surface area contributed by atoms with Gasteiger partial charge in [0.05, 0.1) is 12.8 Å². The molecule has 1 aliphatic carbocycles. The van der Waals surface area contributed by atoms with Crippen molar-refractivity contribution in [1.29, 1.82) is 0 Å². The van der Waals surface area contributed by atoms with Crippen molar-refractivity contribution >= 4 is 23.4 Å². The van der Waals surface area contributed by atoms with E-state index in [1.807, 2.05) is 45.0 Å². The lowest BCUT2D eigenvalue weighted by atomic mass is 10.0.